The third-order valence-electron chi connectivity index (χ3n) is 4.22. The summed E-state index contributed by atoms with van der Waals surface area (Å²) in [7, 11) is -3.77. The van der Waals surface area contributed by atoms with Gasteiger partial charge in [-0.3, -0.25) is 9.52 Å². The molecule has 1 amide bonds. The molecule has 3 aromatic carbocycles. The zero-order valence-corrected chi connectivity index (χ0v) is 17.0. The van der Waals surface area contributed by atoms with Gasteiger partial charge in [0.05, 0.1) is 17.0 Å². The second-order valence-electron chi connectivity index (χ2n) is 6.37. The first-order chi connectivity index (χ1) is 13.8. The van der Waals surface area contributed by atoms with Gasteiger partial charge in [-0.1, -0.05) is 41.9 Å². The highest BCUT2D eigenvalue weighted by Gasteiger charge is 2.16. The summed E-state index contributed by atoms with van der Waals surface area (Å²) in [4.78, 5) is 12.4. The molecule has 8 heteroatoms. The van der Waals surface area contributed by atoms with Crippen molar-refractivity contribution in [3.63, 3.8) is 0 Å². The van der Waals surface area contributed by atoms with Crippen LogP contribution < -0.4 is 10.0 Å². The number of hydrogen-bond acceptors (Lipinski definition) is 3. The maximum atomic E-state index is 13.9. The van der Waals surface area contributed by atoms with Gasteiger partial charge in [0, 0.05) is 16.3 Å². The smallest absolute Gasteiger partial charge is 0.261 e. The topological polar surface area (TPSA) is 75.3 Å². The van der Waals surface area contributed by atoms with Gasteiger partial charge in [-0.2, -0.15) is 0 Å². The number of anilines is 2. The van der Waals surface area contributed by atoms with Crippen molar-refractivity contribution in [3.8, 4) is 0 Å². The van der Waals surface area contributed by atoms with Crippen LogP contribution in [0.2, 0.25) is 5.02 Å². The van der Waals surface area contributed by atoms with Crippen molar-refractivity contribution in [3.05, 3.63) is 88.7 Å². The molecule has 0 unspecified atom stereocenters. The lowest BCUT2D eigenvalue weighted by Gasteiger charge is -2.13. The first-order valence-corrected chi connectivity index (χ1v) is 10.5. The summed E-state index contributed by atoms with van der Waals surface area (Å²) in [6.07, 6.45) is -0.246. The summed E-state index contributed by atoms with van der Waals surface area (Å²) >= 11 is 5.96. The number of benzene rings is 3. The molecule has 2 N–H and O–H groups in total. The van der Waals surface area contributed by atoms with E-state index in [1.165, 1.54) is 36.4 Å². The second-order valence-corrected chi connectivity index (χ2v) is 8.46. The van der Waals surface area contributed by atoms with E-state index < -0.39 is 21.7 Å². The number of halogens is 2. The lowest BCUT2D eigenvalue weighted by molar-refractivity contribution is -0.115. The first kappa shape index (κ1) is 20.8. The van der Waals surface area contributed by atoms with E-state index in [9.17, 15) is 17.6 Å². The molecule has 29 heavy (non-hydrogen) atoms. The number of aryl methyl sites for hydroxylation is 1. The van der Waals surface area contributed by atoms with Gasteiger partial charge in [0.1, 0.15) is 5.82 Å². The van der Waals surface area contributed by atoms with Crippen molar-refractivity contribution in [2.24, 2.45) is 0 Å². The van der Waals surface area contributed by atoms with Crippen molar-refractivity contribution in [1.82, 2.24) is 0 Å². The minimum Gasteiger partial charge on any atom is -0.326 e. The number of carbonyl (C=O) groups is 1. The minimum atomic E-state index is -3.77. The second kappa shape index (κ2) is 8.63. The molecule has 0 radical (unpaired) electrons. The van der Waals surface area contributed by atoms with Gasteiger partial charge < -0.3 is 5.32 Å². The molecule has 0 bridgehead atoms. The van der Waals surface area contributed by atoms with Crippen molar-refractivity contribution < 1.29 is 17.6 Å². The standard InChI is InChI=1S/C21H18ClFN2O3S/c1-14-10-11-15(24-21(26)13-17-18(22)8-5-9-19(17)23)12-20(14)25-29(27,28)16-6-3-2-4-7-16/h2-12,25H,13H2,1H3,(H,24,26). The summed E-state index contributed by atoms with van der Waals surface area (Å²) in [5.41, 5.74) is 1.48. The van der Waals surface area contributed by atoms with Crippen molar-refractivity contribution in [2.75, 3.05) is 10.0 Å². The molecule has 0 aromatic heterocycles. The Bertz CT molecular complexity index is 1130. The maximum Gasteiger partial charge on any atom is 0.261 e. The largest absolute Gasteiger partial charge is 0.326 e. The van der Waals surface area contributed by atoms with Gasteiger partial charge in [-0.05, 0) is 48.9 Å². The fraction of sp³-hybridized carbons (Fsp3) is 0.0952. The Balaban J connectivity index is 1.78. The van der Waals surface area contributed by atoms with Crippen LogP contribution in [0.1, 0.15) is 11.1 Å². The molecule has 3 aromatic rings. The molecule has 0 saturated heterocycles. The SMILES string of the molecule is Cc1ccc(NC(=O)Cc2c(F)cccc2Cl)cc1NS(=O)(=O)c1ccccc1. The molecule has 0 aliphatic rings. The van der Waals surface area contributed by atoms with E-state index in [0.29, 0.717) is 16.9 Å². The number of hydrogen-bond donors (Lipinski definition) is 2. The lowest BCUT2D eigenvalue weighted by atomic mass is 10.1. The molecule has 3 rings (SSSR count). The minimum absolute atomic E-state index is 0.101. The van der Waals surface area contributed by atoms with Gasteiger partial charge in [0.15, 0.2) is 0 Å². The predicted molar refractivity (Wildman–Crippen MR) is 112 cm³/mol. The molecule has 0 spiro atoms. The molecule has 0 aliphatic carbocycles. The third kappa shape index (κ3) is 5.13. The van der Waals surface area contributed by atoms with Gasteiger partial charge in [-0.25, -0.2) is 12.8 Å². The maximum absolute atomic E-state index is 13.9. The molecule has 0 atom stereocenters. The van der Waals surface area contributed by atoms with Crippen molar-refractivity contribution >= 4 is 38.9 Å². The van der Waals surface area contributed by atoms with Gasteiger partial charge in [0.2, 0.25) is 5.91 Å². The van der Waals surface area contributed by atoms with Crippen LogP contribution in [-0.4, -0.2) is 14.3 Å². The highest BCUT2D eigenvalue weighted by Crippen LogP contribution is 2.24. The van der Waals surface area contributed by atoms with Crippen LogP contribution in [0.5, 0.6) is 0 Å². The Morgan fingerprint density at radius 1 is 1.03 bits per heavy atom. The van der Waals surface area contributed by atoms with Crippen LogP contribution in [0.15, 0.2) is 71.6 Å². The third-order valence-corrected chi connectivity index (χ3v) is 5.95. The fourth-order valence-corrected chi connectivity index (χ4v) is 4.05. The van der Waals surface area contributed by atoms with E-state index in [1.54, 1.807) is 37.3 Å². The summed E-state index contributed by atoms with van der Waals surface area (Å²) in [6, 6.07) is 17.0. The quantitative estimate of drug-likeness (QED) is 0.589. The fourth-order valence-electron chi connectivity index (χ4n) is 2.68. The normalized spacial score (nSPS) is 11.1. The average molecular weight is 433 g/mol. The van der Waals surface area contributed by atoms with E-state index in [4.69, 9.17) is 11.6 Å². The monoisotopic (exact) mass is 432 g/mol. The van der Waals surface area contributed by atoms with Crippen LogP contribution >= 0.6 is 11.6 Å². The van der Waals surface area contributed by atoms with E-state index in [1.807, 2.05) is 0 Å². The van der Waals surface area contributed by atoms with E-state index in [2.05, 4.69) is 10.0 Å². The Morgan fingerprint density at radius 3 is 2.45 bits per heavy atom. The van der Waals surface area contributed by atoms with E-state index >= 15 is 0 Å². The number of nitrogens with one attached hydrogen (secondary N) is 2. The Labute approximate surface area is 173 Å². The highest BCUT2D eigenvalue weighted by molar-refractivity contribution is 7.92. The summed E-state index contributed by atoms with van der Waals surface area (Å²) in [5.74, 6) is -1.04. The molecule has 0 heterocycles. The lowest BCUT2D eigenvalue weighted by Crippen LogP contribution is -2.17. The Morgan fingerprint density at radius 2 is 1.76 bits per heavy atom. The number of rotatable bonds is 6. The first-order valence-electron chi connectivity index (χ1n) is 8.67. The van der Waals surface area contributed by atoms with Gasteiger partial charge in [0.25, 0.3) is 10.0 Å². The highest BCUT2D eigenvalue weighted by atomic mass is 35.5. The van der Waals surface area contributed by atoms with E-state index in [0.717, 1.165) is 0 Å². The van der Waals surface area contributed by atoms with Crippen LogP contribution in [-0.2, 0) is 21.2 Å². The van der Waals surface area contributed by atoms with Gasteiger partial charge >= 0.3 is 0 Å². The summed E-state index contributed by atoms with van der Waals surface area (Å²) < 4.78 is 41.5. The molecular formula is C21H18ClFN2O3S. The molecule has 0 saturated carbocycles. The number of carbonyl (C=O) groups excluding carboxylic acids is 1. The molecule has 0 fully saturated rings. The Kier molecular flexibility index (Phi) is 6.20. The Hall–Kier alpha value is -2.90. The zero-order valence-electron chi connectivity index (χ0n) is 15.4. The van der Waals surface area contributed by atoms with Crippen LogP contribution in [0, 0.1) is 12.7 Å². The van der Waals surface area contributed by atoms with E-state index in [-0.39, 0.29) is 21.9 Å². The molecular weight excluding hydrogens is 415 g/mol. The van der Waals surface area contributed by atoms with Crippen molar-refractivity contribution in [1.29, 1.82) is 0 Å². The molecule has 0 aliphatic heterocycles. The van der Waals surface area contributed by atoms with Crippen LogP contribution in [0.3, 0.4) is 0 Å². The number of amides is 1. The van der Waals surface area contributed by atoms with Crippen molar-refractivity contribution in [2.45, 2.75) is 18.2 Å². The molecule has 5 nitrogen and oxygen atoms in total. The molecule has 150 valence electrons. The summed E-state index contributed by atoms with van der Waals surface area (Å²) in [5, 5.41) is 2.81. The van der Waals surface area contributed by atoms with Crippen LogP contribution in [0.4, 0.5) is 15.8 Å². The summed E-state index contributed by atoms with van der Waals surface area (Å²) in [6.45, 7) is 1.74. The predicted octanol–water partition coefficient (Wildman–Crippen LogP) is 4.77. The van der Waals surface area contributed by atoms with Crippen LogP contribution in [0.25, 0.3) is 0 Å². The zero-order chi connectivity index (χ0) is 21.0. The average Bonchev–Trinajstić information content (AvgIpc) is 2.68. The van der Waals surface area contributed by atoms with Gasteiger partial charge in [-0.15, -0.1) is 0 Å². The number of sulfonamides is 1.